The molecule has 3 N–H and O–H groups in total. The Morgan fingerprint density at radius 2 is 2.24 bits per heavy atom. The predicted molar refractivity (Wildman–Crippen MR) is 65.8 cm³/mol. The molecule has 1 heterocycles. The van der Waals surface area contributed by atoms with Crippen LogP contribution in [0.4, 0.5) is 0 Å². The summed E-state index contributed by atoms with van der Waals surface area (Å²) in [6, 6.07) is -0.358. The molecular formula is C10H20BNO4P+. The van der Waals surface area contributed by atoms with Crippen molar-refractivity contribution in [3.8, 4) is 0 Å². The van der Waals surface area contributed by atoms with Crippen molar-refractivity contribution in [1.82, 2.24) is 0 Å². The van der Waals surface area contributed by atoms with Gasteiger partial charge < -0.3 is 10.5 Å². The zero-order valence-electron chi connectivity index (χ0n) is 10.3. The fourth-order valence-electron chi connectivity index (χ4n) is 2.34. The van der Waals surface area contributed by atoms with Crippen molar-refractivity contribution in [2.24, 2.45) is 17.6 Å². The highest BCUT2D eigenvalue weighted by molar-refractivity contribution is 7.32. The summed E-state index contributed by atoms with van der Waals surface area (Å²) in [7, 11) is 3.26. The maximum absolute atomic E-state index is 10.7. The number of nitrogens with two attached hydrogens (primary N) is 1. The van der Waals surface area contributed by atoms with Crippen LogP contribution in [0.25, 0.3) is 0 Å². The van der Waals surface area contributed by atoms with Crippen LogP contribution in [0, 0.1) is 11.8 Å². The van der Waals surface area contributed by atoms with Crippen LogP contribution >= 0.6 is 8.25 Å². The Morgan fingerprint density at radius 1 is 1.59 bits per heavy atom. The van der Waals surface area contributed by atoms with Gasteiger partial charge in [-0.1, -0.05) is 13.8 Å². The summed E-state index contributed by atoms with van der Waals surface area (Å²) < 4.78 is 21.3. The molecule has 2 radical (unpaired) electrons. The van der Waals surface area contributed by atoms with Gasteiger partial charge >= 0.3 is 8.25 Å². The molecule has 2 unspecified atom stereocenters. The normalized spacial score (nSPS) is 38.4. The molecule has 17 heavy (non-hydrogen) atoms. The lowest BCUT2D eigenvalue weighted by Crippen LogP contribution is -2.40. The first-order valence-corrected chi connectivity index (χ1v) is 6.98. The highest BCUT2D eigenvalue weighted by atomic mass is 31.1. The average molecular weight is 260 g/mol. The van der Waals surface area contributed by atoms with E-state index in [2.05, 4.69) is 0 Å². The van der Waals surface area contributed by atoms with Crippen LogP contribution in [0.2, 0.25) is 0 Å². The van der Waals surface area contributed by atoms with Crippen molar-refractivity contribution < 1.29 is 18.7 Å². The van der Waals surface area contributed by atoms with Gasteiger partial charge in [-0.25, -0.2) is 0 Å². The van der Waals surface area contributed by atoms with Gasteiger partial charge in [-0.2, -0.15) is 0 Å². The lowest BCUT2D eigenvalue weighted by molar-refractivity contribution is -0.0684. The molecule has 1 aliphatic heterocycles. The molecule has 0 saturated carbocycles. The van der Waals surface area contributed by atoms with Gasteiger partial charge in [0.25, 0.3) is 0 Å². The number of ether oxygens (including phenoxy) is 1. The maximum atomic E-state index is 10.7. The Balaban J connectivity index is 2.75. The highest BCUT2D eigenvalue weighted by Gasteiger charge is 2.50. The zero-order chi connectivity index (χ0) is 13.1. The molecule has 1 fully saturated rings. The molecule has 0 spiro atoms. The Kier molecular flexibility index (Phi) is 5.54. The van der Waals surface area contributed by atoms with E-state index >= 15 is 0 Å². The highest BCUT2D eigenvalue weighted by Crippen LogP contribution is 2.43. The molecule has 0 aromatic carbocycles. The second-order valence-corrected chi connectivity index (χ2v) is 5.43. The standard InChI is InChI=1S/C10H19BNO4P/c1-7-8(2)10(4-3-5-12,16-9(7)11)6-15-17(13)14/h7-9H,3-6,12H2,1-2H3/p+1/t7?,8-,9-,10-/m1/s1. The largest absolute Gasteiger partial charge is 0.694 e. The van der Waals surface area contributed by atoms with Crippen molar-refractivity contribution in [2.75, 3.05) is 13.2 Å². The van der Waals surface area contributed by atoms with Crippen LogP contribution in [0.15, 0.2) is 0 Å². The SMILES string of the molecule is [B][C@@H]1O[C@](CCCN)(CO[P+](=O)O)[C@H](C)C1C. The van der Waals surface area contributed by atoms with Crippen LogP contribution in [0.5, 0.6) is 0 Å². The van der Waals surface area contributed by atoms with Crippen LogP contribution < -0.4 is 5.73 Å². The van der Waals surface area contributed by atoms with Gasteiger partial charge in [-0.15, -0.1) is 9.42 Å². The molecule has 0 bridgehead atoms. The Hall–Kier alpha value is 0.00494. The minimum Gasteiger partial charge on any atom is -0.378 e. The third-order valence-electron chi connectivity index (χ3n) is 3.73. The van der Waals surface area contributed by atoms with Crippen LogP contribution in [-0.4, -0.2) is 37.5 Å². The third kappa shape index (κ3) is 3.49. The number of hydrogen-bond acceptors (Lipinski definition) is 4. The topological polar surface area (TPSA) is 81.8 Å². The van der Waals surface area contributed by atoms with Crippen molar-refractivity contribution in [3.63, 3.8) is 0 Å². The van der Waals surface area contributed by atoms with E-state index in [0.29, 0.717) is 13.0 Å². The van der Waals surface area contributed by atoms with E-state index < -0.39 is 13.9 Å². The summed E-state index contributed by atoms with van der Waals surface area (Å²) in [5.74, 6) is 0.354. The van der Waals surface area contributed by atoms with Gasteiger partial charge in [0, 0.05) is 10.6 Å². The molecule has 7 heteroatoms. The molecule has 0 aliphatic carbocycles. The molecule has 96 valence electrons. The first kappa shape index (κ1) is 15.1. The smallest absolute Gasteiger partial charge is 0.378 e. The molecule has 5 nitrogen and oxygen atoms in total. The summed E-state index contributed by atoms with van der Waals surface area (Å²) >= 11 is 0. The van der Waals surface area contributed by atoms with Gasteiger partial charge in [0.05, 0.1) is 5.60 Å². The van der Waals surface area contributed by atoms with Gasteiger partial charge in [0.2, 0.25) is 0 Å². The molecule has 0 amide bonds. The van der Waals surface area contributed by atoms with Crippen molar-refractivity contribution in [1.29, 1.82) is 0 Å². The van der Waals surface area contributed by atoms with Crippen molar-refractivity contribution >= 4 is 16.1 Å². The number of hydrogen-bond donors (Lipinski definition) is 2. The van der Waals surface area contributed by atoms with Gasteiger partial charge in [-0.3, -0.25) is 0 Å². The van der Waals surface area contributed by atoms with Crippen LogP contribution in [0.3, 0.4) is 0 Å². The van der Waals surface area contributed by atoms with E-state index in [9.17, 15) is 4.57 Å². The second-order valence-electron chi connectivity index (χ2n) is 4.70. The summed E-state index contributed by atoms with van der Waals surface area (Å²) in [5.41, 5.74) is 4.91. The van der Waals surface area contributed by atoms with E-state index in [1.165, 1.54) is 0 Å². The average Bonchev–Trinajstić information content (AvgIpc) is 2.49. The fraction of sp³-hybridized carbons (Fsp3) is 1.00. The Labute approximate surface area is 104 Å². The zero-order valence-corrected chi connectivity index (χ0v) is 11.2. The quantitative estimate of drug-likeness (QED) is 0.548. The van der Waals surface area contributed by atoms with Gasteiger partial charge in [0.15, 0.2) is 0 Å². The molecule has 1 aliphatic rings. The van der Waals surface area contributed by atoms with Crippen molar-refractivity contribution in [3.05, 3.63) is 0 Å². The maximum Gasteiger partial charge on any atom is 0.694 e. The van der Waals surface area contributed by atoms with Gasteiger partial charge in [0.1, 0.15) is 14.5 Å². The van der Waals surface area contributed by atoms with E-state index in [-0.39, 0.29) is 24.4 Å². The summed E-state index contributed by atoms with van der Waals surface area (Å²) in [6.45, 7) is 4.67. The minimum absolute atomic E-state index is 0.0813. The monoisotopic (exact) mass is 260 g/mol. The fourth-order valence-corrected chi connectivity index (χ4v) is 2.67. The Bertz CT molecular complexity index is 281. The lowest BCUT2D eigenvalue weighted by Gasteiger charge is -2.31. The van der Waals surface area contributed by atoms with Crippen LogP contribution in [-0.2, 0) is 13.8 Å². The van der Waals surface area contributed by atoms with Crippen molar-refractivity contribution in [2.45, 2.75) is 38.3 Å². The minimum atomic E-state index is -2.61. The summed E-state index contributed by atoms with van der Waals surface area (Å²) in [4.78, 5) is 8.75. The van der Waals surface area contributed by atoms with E-state index in [4.69, 9.17) is 27.7 Å². The first-order valence-electron chi connectivity index (χ1n) is 5.85. The predicted octanol–water partition coefficient (Wildman–Crippen LogP) is 0.927. The molecule has 0 aromatic rings. The molecule has 5 atom stereocenters. The van der Waals surface area contributed by atoms with E-state index in [1.807, 2.05) is 13.8 Å². The molecule has 1 saturated heterocycles. The molecule has 0 aromatic heterocycles. The van der Waals surface area contributed by atoms with E-state index in [1.54, 1.807) is 0 Å². The third-order valence-corrected chi connectivity index (χ3v) is 4.08. The van der Waals surface area contributed by atoms with E-state index in [0.717, 1.165) is 6.42 Å². The summed E-state index contributed by atoms with van der Waals surface area (Å²) in [5, 5.41) is 0. The van der Waals surface area contributed by atoms with Crippen LogP contribution in [0.1, 0.15) is 26.7 Å². The molecular weight excluding hydrogens is 240 g/mol. The molecule has 1 rings (SSSR count). The first-order chi connectivity index (χ1) is 7.93. The summed E-state index contributed by atoms with van der Waals surface area (Å²) in [6.07, 6.45) is 1.46. The number of rotatable bonds is 6. The second kappa shape index (κ2) is 6.25. The van der Waals surface area contributed by atoms with Gasteiger partial charge in [-0.05, 0) is 31.2 Å². The lowest BCUT2D eigenvalue weighted by atomic mass is 9.76. The Morgan fingerprint density at radius 3 is 2.65 bits per heavy atom.